The normalized spacial score (nSPS) is 45.9. The van der Waals surface area contributed by atoms with Gasteiger partial charge in [0, 0.05) is 18.3 Å². The Morgan fingerprint density at radius 2 is 1.48 bits per heavy atom. The number of ether oxygens (including phenoxy) is 2. The first-order valence-corrected chi connectivity index (χ1v) is 10.6. The molecule has 5 atom stereocenters. The number of aliphatic hydroxyl groups is 1. The molecule has 1 saturated heterocycles. The molecule has 0 radical (unpaired) electrons. The van der Waals surface area contributed by atoms with Crippen LogP contribution in [0.4, 0.5) is 0 Å². The van der Waals surface area contributed by atoms with Crippen molar-refractivity contribution in [2.75, 3.05) is 13.2 Å². The Hall–Kier alpha value is -0.910. The molecule has 27 heavy (non-hydrogen) atoms. The van der Waals surface area contributed by atoms with Gasteiger partial charge >= 0.3 is 5.97 Å². The summed E-state index contributed by atoms with van der Waals surface area (Å²) in [6.45, 7) is 5.54. The van der Waals surface area contributed by atoms with Gasteiger partial charge < -0.3 is 19.7 Å². The lowest BCUT2D eigenvalue weighted by molar-refractivity contribution is -0.324. The molecule has 5 aliphatic rings. The summed E-state index contributed by atoms with van der Waals surface area (Å²) in [5.41, 5.74) is -2.16. The third kappa shape index (κ3) is 2.50. The van der Waals surface area contributed by atoms with Crippen LogP contribution < -0.4 is 0 Å². The van der Waals surface area contributed by atoms with E-state index < -0.39 is 22.8 Å². The second kappa shape index (κ2) is 5.58. The third-order valence-corrected chi connectivity index (χ3v) is 8.56. The number of allylic oxidation sites excluding steroid dienone is 2. The van der Waals surface area contributed by atoms with Gasteiger partial charge in [0.05, 0.1) is 24.2 Å². The lowest BCUT2D eigenvalue weighted by Gasteiger charge is -2.52. The van der Waals surface area contributed by atoms with E-state index in [0.29, 0.717) is 75.4 Å². The highest BCUT2D eigenvalue weighted by Crippen LogP contribution is 2.65. The summed E-state index contributed by atoms with van der Waals surface area (Å²) in [6, 6.07) is 0. The van der Waals surface area contributed by atoms with Gasteiger partial charge in [0.15, 0.2) is 5.79 Å². The number of rotatable bonds is 2. The molecular formula is C22H32O5. The summed E-state index contributed by atoms with van der Waals surface area (Å²) in [5.74, 6) is 0.467. The first kappa shape index (κ1) is 18.1. The largest absolute Gasteiger partial charge is 0.481 e. The fourth-order valence-electron chi connectivity index (χ4n) is 6.82. The molecule has 1 spiro atoms. The van der Waals surface area contributed by atoms with Crippen LogP contribution in [-0.2, 0) is 14.3 Å². The number of carboxylic acids is 1. The smallest absolute Gasteiger partial charge is 0.312 e. The monoisotopic (exact) mass is 376 g/mol. The lowest BCUT2D eigenvalue weighted by atomic mass is 9.61. The van der Waals surface area contributed by atoms with Gasteiger partial charge in [0.25, 0.3) is 0 Å². The van der Waals surface area contributed by atoms with Crippen molar-refractivity contribution in [3.8, 4) is 0 Å². The minimum Gasteiger partial charge on any atom is -0.481 e. The van der Waals surface area contributed by atoms with Crippen LogP contribution in [0.5, 0.6) is 0 Å². The molecular weight excluding hydrogens is 344 g/mol. The van der Waals surface area contributed by atoms with E-state index in [2.05, 4.69) is 26.0 Å². The fraction of sp³-hybridized carbons (Fsp3) is 0.864. The van der Waals surface area contributed by atoms with Crippen LogP contribution in [-0.4, -0.2) is 40.8 Å². The maximum Gasteiger partial charge on any atom is 0.312 e. The second-order valence-electron chi connectivity index (χ2n) is 10.8. The van der Waals surface area contributed by atoms with E-state index in [1.54, 1.807) is 0 Å². The number of hydrogen-bond donors (Lipinski definition) is 2. The highest BCUT2D eigenvalue weighted by atomic mass is 16.7. The Balaban J connectivity index is 1.35. The van der Waals surface area contributed by atoms with E-state index in [0.717, 1.165) is 0 Å². The zero-order valence-corrected chi connectivity index (χ0v) is 16.4. The van der Waals surface area contributed by atoms with Gasteiger partial charge in [-0.05, 0) is 55.8 Å². The third-order valence-electron chi connectivity index (χ3n) is 8.56. The second-order valence-corrected chi connectivity index (χ2v) is 10.8. The van der Waals surface area contributed by atoms with E-state index in [4.69, 9.17) is 9.47 Å². The summed E-state index contributed by atoms with van der Waals surface area (Å²) < 4.78 is 12.2. The molecule has 5 nitrogen and oxygen atoms in total. The number of fused-ring (bicyclic) bond motifs is 5. The molecule has 1 unspecified atom stereocenters. The molecule has 0 aromatic rings. The van der Waals surface area contributed by atoms with Crippen LogP contribution in [0.15, 0.2) is 12.2 Å². The Morgan fingerprint density at radius 1 is 0.963 bits per heavy atom. The zero-order valence-electron chi connectivity index (χ0n) is 16.4. The van der Waals surface area contributed by atoms with Gasteiger partial charge in [0.2, 0.25) is 0 Å². The van der Waals surface area contributed by atoms with Crippen LogP contribution in [0, 0.1) is 34.5 Å². The molecule has 2 bridgehead atoms. The van der Waals surface area contributed by atoms with Crippen molar-refractivity contribution in [2.24, 2.45) is 34.5 Å². The molecule has 5 heteroatoms. The molecule has 4 aliphatic carbocycles. The first-order valence-electron chi connectivity index (χ1n) is 10.6. The van der Waals surface area contributed by atoms with Crippen molar-refractivity contribution < 1.29 is 24.5 Å². The maximum absolute atomic E-state index is 12.5. The van der Waals surface area contributed by atoms with Crippen molar-refractivity contribution in [3.63, 3.8) is 0 Å². The van der Waals surface area contributed by atoms with Crippen LogP contribution in [0.2, 0.25) is 0 Å². The average Bonchev–Trinajstić information content (AvgIpc) is 3.32. The summed E-state index contributed by atoms with van der Waals surface area (Å²) in [7, 11) is 0. The Bertz CT molecular complexity index is 640. The minimum absolute atomic E-state index is 0.0104. The number of aliphatic carboxylic acids is 1. The SMILES string of the molecule is CC1(C)COC2(CCC(O)(C3(C(=O)O)C[C@@H]4[C@H](C3)[C@H]3C=C[C@@H]4C3)CC2)OC1. The van der Waals surface area contributed by atoms with Gasteiger partial charge in [-0.15, -0.1) is 0 Å². The first-order chi connectivity index (χ1) is 12.7. The number of carbonyl (C=O) groups is 1. The van der Waals surface area contributed by atoms with Crippen molar-refractivity contribution >= 4 is 5.97 Å². The van der Waals surface area contributed by atoms with E-state index in [1.165, 1.54) is 6.42 Å². The van der Waals surface area contributed by atoms with Gasteiger partial charge in [-0.2, -0.15) is 0 Å². The van der Waals surface area contributed by atoms with Crippen molar-refractivity contribution in [1.29, 1.82) is 0 Å². The van der Waals surface area contributed by atoms with Crippen molar-refractivity contribution in [2.45, 2.75) is 70.2 Å². The highest BCUT2D eigenvalue weighted by molar-refractivity contribution is 5.77. The molecule has 1 heterocycles. The number of hydrogen-bond acceptors (Lipinski definition) is 4. The standard InChI is InChI=1S/C22H32O5/c1-19(2)12-26-22(27-13-19)7-5-21(25,6-8-22)20(18(23)24)10-16-14-3-4-15(9-14)17(16)11-20/h3-4,14-17,25H,5-13H2,1-2H3,(H,23,24)/t14-,15+,16+,17-,20?. The quantitative estimate of drug-likeness (QED) is 0.723. The molecule has 0 amide bonds. The molecule has 1 aliphatic heterocycles. The Kier molecular flexibility index (Phi) is 3.75. The van der Waals surface area contributed by atoms with E-state index in [-0.39, 0.29) is 5.41 Å². The van der Waals surface area contributed by atoms with Crippen molar-refractivity contribution in [3.05, 3.63) is 12.2 Å². The van der Waals surface area contributed by atoms with E-state index >= 15 is 0 Å². The topological polar surface area (TPSA) is 76.0 Å². The van der Waals surface area contributed by atoms with Gasteiger partial charge in [-0.1, -0.05) is 26.0 Å². The Morgan fingerprint density at radius 3 is 1.96 bits per heavy atom. The minimum atomic E-state index is -1.16. The molecule has 0 aromatic carbocycles. The highest BCUT2D eigenvalue weighted by Gasteiger charge is 2.67. The van der Waals surface area contributed by atoms with Crippen LogP contribution in [0.1, 0.15) is 58.8 Å². The molecule has 3 saturated carbocycles. The predicted octanol–water partition coefficient (Wildman–Crippen LogP) is 3.36. The van der Waals surface area contributed by atoms with Crippen LogP contribution in [0.25, 0.3) is 0 Å². The summed E-state index contributed by atoms with van der Waals surface area (Å²) in [6.07, 6.45) is 9.05. The summed E-state index contributed by atoms with van der Waals surface area (Å²) in [4.78, 5) is 12.5. The Labute approximate surface area is 161 Å². The van der Waals surface area contributed by atoms with Crippen molar-refractivity contribution in [1.82, 2.24) is 0 Å². The molecule has 4 fully saturated rings. The van der Waals surface area contributed by atoms with E-state index in [1.807, 2.05) is 0 Å². The molecule has 2 N–H and O–H groups in total. The van der Waals surface area contributed by atoms with Gasteiger partial charge in [-0.3, -0.25) is 4.79 Å². The summed E-state index contributed by atoms with van der Waals surface area (Å²) >= 11 is 0. The molecule has 5 rings (SSSR count). The van der Waals surface area contributed by atoms with Crippen LogP contribution >= 0.6 is 0 Å². The molecule has 0 aromatic heterocycles. The predicted molar refractivity (Wildman–Crippen MR) is 98.9 cm³/mol. The number of carboxylic acid groups (broad SMARTS) is 1. The fourth-order valence-corrected chi connectivity index (χ4v) is 6.82. The van der Waals surface area contributed by atoms with Crippen LogP contribution in [0.3, 0.4) is 0 Å². The van der Waals surface area contributed by atoms with Gasteiger partial charge in [0.1, 0.15) is 0 Å². The average molecular weight is 376 g/mol. The maximum atomic E-state index is 12.5. The lowest BCUT2D eigenvalue weighted by Crippen LogP contribution is -2.59. The molecule has 150 valence electrons. The zero-order chi connectivity index (χ0) is 19.1. The van der Waals surface area contributed by atoms with Gasteiger partial charge in [-0.25, -0.2) is 0 Å². The van der Waals surface area contributed by atoms with E-state index in [9.17, 15) is 15.0 Å². The summed E-state index contributed by atoms with van der Waals surface area (Å²) in [5, 5.41) is 21.9.